The van der Waals surface area contributed by atoms with E-state index < -0.39 is 30.0 Å². The number of hydrogen-bond acceptors (Lipinski definition) is 3. The number of halogens is 1. The van der Waals surface area contributed by atoms with Gasteiger partial charge in [-0.15, -0.1) is 0 Å². The zero-order valence-electron chi connectivity index (χ0n) is 10.2. The molecule has 0 aromatic rings. The van der Waals surface area contributed by atoms with Crippen molar-refractivity contribution < 1.29 is 19.0 Å². The fourth-order valence-corrected chi connectivity index (χ4v) is 1.80. The molecule has 2 unspecified atom stereocenters. The lowest BCUT2D eigenvalue weighted by molar-refractivity contribution is 0.00771. The van der Waals surface area contributed by atoms with Crippen LogP contribution >= 0.6 is 0 Å². The van der Waals surface area contributed by atoms with Crippen LogP contribution in [-0.4, -0.2) is 46.6 Å². The predicted octanol–water partition coefficient (Wildman–Crippen LogP) is 1.71. The highest BCUT2D eigenvalue weighted by Crippen LogP contribution is 2.25. The van der Waals surface area contributed by atoms with Crippen molar-refractivity contribution in [3.8, 4) is 0 Å². The molecule has 16 heavy (non-hydrogen) atoms. The molecule has 1 saturated heterocycles. The van der Waals surface area contributed by atoms with E-state index in [1.165, 1.54) is 4.90 Å². The van der Waals surface area contributed by atoms with Crippen molar-refractivity contribution in [1.29, 1.82) is 0 Å². The van der Waals surface area contributed by atoms with Crippen LogP contribution in [0, 0.1) is 0 Å². The lowest BCUT2D eigenvalue weighted by Crippen LogP contribution is -2.44. The van der Waals surface area contributed by atoms with Crippen molar-refractivity contribution in [3.63, 3.8) is 0 Å². The van der Waals surface area contributed by atoms with Crippen LogP contribution in [0.3, 0.4) is 0 Å². The van der Waals surface area contributed by atoms with Gasteiger partial charge in [0.05, 0.1) is 18.7 Å². The van der Waals surface area contributed by atoms with Gasteiger partial charge in [-0.1, -0.05) is 0 Å². The summed E-state index contributed by atoms with van der Waals surface area (Å²) in [6.45, 7) is 6.83. The molecule has 0 radical (unpaired) electrons. The number of ether oxygens (including phenoxy) is 1. The SMILES string of the molecule is C[C@H](O)C1CC(F)CN1C(=O)OC(C)(C)C. The Bertz CT molecular complexity index is 262. The fraction of sp³-hybridized carbons (Fsp3) is 0.909. The number of nitrogens with zero attached hydrogens (tertiary/aromatic N) is 1. The summed E-state index contributed by atoms with van der Waals surface area (Å²) in [5.74, 6) is 0. The van der Waals surface area contributed by atoms with Crippen LogP contribution in [0.25, 0.3) is 0 Å². The monoisotopic (exact) mass is 233 g/mol. The molecule has 1 rings (SSSR count). The molecular formula is C11H20FNO3. The van der Waals surface area contributed by atoms with E-state index in [2.05, 4.69) is 0 Å². The minimum Gasteiger partial charge on any atom is -0.444 e. The fourth-order valence-electron chi connectivity index (χ4n) is 1.80. The van der Waals surface area contributed by atoms with E-state index in [0.29, 0.717) is 0 Å². The van der Waals surface area contributed by atoms with Gasteiger partial charge in [-0.25, -0.2) is 9.18 Å². The van der Waals surface area contributed by atoms with Crippen LogP contribution in [0.4, 0.5) is 9.18 Å². The van der Waals surface area contributed by atoms with Crippen LogP contribution in [0.5, 0.6) is 0 Å². The van der Waals surface area contributed by atoms with Crippen molar-refractivity contribution in [2.24, 2.45) is 0 Å². The second-order valence-corrected chi connectivity index (χ2v) is 5.27. The van der Waals surface area contributed by atoms with Gasteiger partial charge < -0.3 is 9.84 Å². The molecule has 1 amide bonds. The Hall–Kier alpha value is -0.840. The predicted molar refractivity (Wildman–Crippen MR) is 57.9 cm³/mol. The normalized spacial score (nSPS) is 28.0. The Labute approximate surface area is 95.4 Å². The first-order valence-corrected chi connectivity index (χ1v) is 5.52. The molecule has 0 bridgehead atoms. The number of carbonyl (C=O) groups excluding carboxylic acids is 1. The van der Waals surface area contributed by atoms with Crippen LogP contribution in [0.1, 0.15) is 34.1 Å². The van der Waals surface area contributed by atoms with Gasteiger partial charge in [0.2, 0.25) is 0 Å². The third-order valence-corrected chi connectivity index (χ3v) is 2.48. The van der Waals surface area contributed by atoms with Gasteiger partial charge >= 0.3 is 6.09 Å². The molecule has 1 aliphatic heterocycles. The molecule has 1 fully saturated rings. The Kier molecular flexibility index (Phi) is 3.78. The standard InChI is InChI=1S/C11H20FNO3/c1-7(14)9-5-8(12)6-13(9)10(15)16-11(2,3)4/h7-9,14H,5-6H2,1-4H3/t7-,8?,9?/m0/s1. The quantitative estimate of drug-likeness (QED) is 0.750. The summed E-state index contributed by atoms with van der Waals surface area (Å²) in [7, 11) is 0. The lowest BCUT2D eigenvalue weighted by Gasteiger charge is -2.29. The Morgan fingerprint density at radius 3 is 2.56 bits per heavy atom. The molecule has 0 aromatic heterocycles. The van der Waals surface area contributed by atoms with Gasteiger partial charge in [-0.2, -0.15) is 0 Å². The summed E-state index contributed by atoms with van der Waals surface area (Å²) in [4.78, 5) is 13.0. The third-order valence-electron chi connectivity index (χ3n) is 2.48. The van der Waals surface area contributed by atoms with Gasteiger partial charge in [-0.05, 0) is 27.7 Å². The van der Waals surface area contributed by atoms with Gasteiger partial charge in [0.15, 0.2) is 0 Å². The summed E-state index contributed by atoms with van der Waals surface area (Å²) in [5, 5.41) is 9.47. The molecule has 4 nitrogen and oxygen atoms in total. The van der Waals surface area contributed by atoms with Crippen LogP contribution in [0.2, 0.25) is 0 Å². The molecule has 0 spiro atoms. The average Bonchev–Trinajstić information content (AvgIpc) is 2.44. The summed E-state index contributed by atoms with van der Waals surface area (Å²) in [5.41, 5.74) is -0.602. The van der Waals surface area contributed by atoms with Crippen LogP contribution < -0.4 is 0 Å². The third kappa shape index (κ3) is 3.33. The molecule has 0 aromatic carbocycles. The van der Waals surface area contributed by atoms with Gasteiger partial charge in [-0.3, -0.25) is 4.90 Å². The number of amides is 1. The van der Waals surface area contributed by atoms with Gasteiger partial charge in [0.1, 0.15) is 11.8 Å². The van der Waals surface area contributed by atoms with Gasteiger partial charge in [0, 0.05) is 6.42 Å². The molecule has 1 N–H and O–H groups in total. The smallest absolute Gasteiger partial charge is 0.410 e. The van der Waals surface area contributed by atoms with E-state index >= 15 is 0 Å². The number of hydrogen-bond donors (Lipinski definition) is 1. The topological polar surface area (TPSA) is 49.8 Å². The molecular weight excluding hydrogens is 213 g/mol. The number of rotatable bonds is 1. The summed E-state index contributed by atoms with van der Waals surface area (Å²) < 4.78 is 18.4. The van der Waals surface area contributed by atoms with Crippen molar-refractivity contribution in [2.45, 2.75) is 58.0 Å². The molecule has 5 heteroatoms. The minimum absolute atomic E-state index is 0.00444. The highest BCUT2D eigenvalue weighted by atomic mass is 19.1. The van der Waals surface area contributed by atoms with Crippen molar-refractivity contribution in [1.82, 2.24) is 4.90 Å². The van der Waals surface area contributed by atoms with Crippen LogP contribution in [-0.2, 0) is 4.74 Å². The number of likely N-dealkylation sites (tertiary alicyclic amines) is 1. The lowest BCUT2D eigenvalue weighted by atomic mass is 10.1. The van der Waals surface area contributed by atoms with Gasteiger partial charge in [0.25, 0.3) is 0 Å². The first-order valence-electron chi connectivity index (χ1n) is 5.52. The van der Waals surface area contributed by atoms with Crippen LogP contribution in [0.15, 0.2) is 0 Å². The Morgan fingerprint density at radius 1 is 1.56 bits per heavy atom. The van der Waals surface area contributed by atoms with Crippen molar-refractivity contribution >= 4 is 6.09 Å². The van der Waals surface area contributed by atoms with Crippen molar-refractivity contribution in [2.75, 3.05) is 6.54 Å². The largest absolute Gasteiger partial charge is 0.444 e. The Balaban J connectivity index is 2.67. The molecule has 3 atom stereocenters. The highest BCUT2D eigenvalue weighted by molar-refractivity contribution is 5.69. The van der Waals surface area contributed by atoms with Crippen molar-refractivity contribution in [3.05, 3.63) is 0 Å². The Morgan fingerprint density at radius 2 is 2.12 bits per heavy atom. The minimum atomic E-state index is -1.08. The van der Waals surface area contributed by atoms with E-state index in [1.807, 2.05) is 0 Å². The number of aliphatic hydroxyl groups excluding tert-OH is 1. The highest BCUT2D eigenvalue weighted by Gasteiger charge is 2.39. The molecule has 0 aliphatic carbocycles. The molecule has 1 heterocycles. The first kappa shape index (κ1) is 13.2. The molecule has 0 saturated carbocycles. The zero-order valence-corrected chi connectivity index (χ0v) is 10.2. The number of alkyl halides is 1. The second kappa shape index (κ2) is 4.57. The number of aliphatic hydroxyl groups is 1. The summed E-state index contributed by atoms with van der Waals surface area (Å²) >= 11 is 0. The van der Waals surface area contributed by atoms with E-state index in [0.717, 1.165) is 0 Å². The summed E-state index contributed by atoms with van der Waals surface area (Å²) in [6.07, 6.45) is -2.20. The molecule has 94 valence electrons. The van der Waals surface area contributed by atoms with E-state index in [-0.39, 0.29) is 13.0 Å². The van der Waals surface area contributed by atoms with E-state index in [4.69, 9.17) is 4.74 Å². The summed E-state index contributed by atoms with van der Waals surface area (Å²) in [6, 6.07) is -0.482. The second-order valence-electron chi connectivity index (χ2n) is 5.27. The maximum atomic E-state index is 13.2. The van der Waals surface area contributed by atoms with E-state index in [1.54, 1.807) is 27.7 Å². The molecule has 1 aliphatic rings. The maximum absolute atomic E-state index is 13.2. The average molecular weight is 233 g/mol. The first-order chi connectivity index (χ1) is 7.20. The zero-order chi connectivity index (χ0) is 12.5. The number of carbonyl (C=O) groups is 1. The van der Waals surface area contributed by atoms with E-state index in [9.17, 15) is 14.3 Å². The maximum Gasteiger partial charge on any atom is 0.410 e.